The third-order valence-electron chi connectivity index (χ3n) is 2.75. The molecular weight excluding hydrogens is 252 g/mol. The van der Waals surface area contributed by atoms with Gasteiger partial charge in [0.25, 0.3) is 5.91 Å². The first-order chi connectivity index (χ1) is 9.70. The molecular formula is C16H16N2O2. The Morgan fingerprint density at radius 2 is 2.25 bits per heavy atom. The summed E-state index contributed by atoms with van der Waals surface area (Å²) in [4.78, 5) is 12.2. The lowest BCUT2D eigenvalue weighted by atomic mass is 10.0. The van der Waals surface area contributed by atoms with E-state index >= 15 is 0 Å². The second-order valence-corrected chi connectivity index (χ2v) is 4.32. The van der Waals surface area contributed by atoms with E-state index < -0.39 is 0 Å². The van der Waals surface area contributed by atoms with E-state index in [2.05, 4.69) is 17.2 Å². The molecule has 20 heavy (non-hydrogen) atoms. The fraction of sp³-hybridized carbons (Fsp3) is 0.188. The summed E-state index contributed by atoms with van der Waals surface area (Å²) in [5, 5.41) is 2.81. The monoisotopic (exact) mass is 268 g/mol. The largest absolute Gasteiger partial charge is 0.467 e. The summed E-state index contributed by atoms with van der Waals surface area (Å²) in [7, 11) is 0. The lowest BCUT2D eigenvalue weighted by Gasteiger charge is -2.06. The van der Waals surface area contributed by atoms with E-state index in [1.807, 2.05) is 25.1 Å². The van der Waals surface area contributed by atoms with Crippen molar-refractivity contribution in [3.05, 3.63) is 59.0 Å². The van der Waals surface area contributed by atoms with Crippen LogP contribution in [0.2, 0.25) is 0 Å². The molecule has 0 saturated heterocycles. The average Bonchev–Trinajstić information content (AvgIpc) is 2.96. The number of hydrogen-bond donors (Lipinski definition) is 2. The predicted octanol–water partition coefficient (Wildman–Crippen LogP) is 1.83. The van der Waals surface area contributed by atoms with Crippen molar-refractivity contribution in [3.8, 4) is 11.8 Å². The molecule has 0 spiro atoms. The Balaban J connectivity index is 2.16. The smallest absolute Gasteiger partial charge is 0.252 e. The van der Waals surface area contributed by atoms with Gasteiger partial charge in [-0.2, -0.15) is 0 Å². The topological polar surface area (TPSA) is 68.3 Å². The van der Waals surface area contributed by atoms with Gasteiger partial charge >= 0.3 is 0 Å². The van der Waals surface area contributed by atoms with Gasteiger partial charge in [-0.05, 0) is 36.8 Å². The minimum atomic E-state index is -0.178. The molecule has 2 rings (SSSR count). The lowest BCUT2D eigenvalue weighted by Crippen LogP contribution is -2.23. The molecule has 2 aromatic rings. The van der Waals surface area contributed by atoms with E-state index in [0.717, 1.165) is 5.56 Å². The van der Waals surface area contributed by atoms with Crippen LogP contribution in [0.1, 0.15) is 27.2 Å². The van der Waals surface area contributed by atoms with Gasteiger partial charge in [0.1, 0.15) is 5.76 Å². The quantitative estimate of drug-likeness (QED) is 0.834. The summed E-state index contributed by atoms with van der Waals surface area (Å²) in [5.41, 5.74) is 7.66. The highest BCUT2D eigenvalue weighted by Gasteiger charge is 2.10. The number of carbonyl (C=O) groups is 1. The minimum Gasteiger partial charge on any atom is -0.467 e. The van der Waals surface area contributed by atoms with Gasteiger partial charge < -0.3 is 15.5 Å². The zero-order valence-electron chi connectivity index (χ0n) is 11.3. The Morgan fingerprint density at radius 1 is 1.40 bits per heavy atom. The molecule has 0 saturated carbocycles. The maximum Gasteiger partial charge on any atom is 0.252 e. The molecule has 4 heteroatoms. The SMILES string of the molecule is Cc1ccc(C(=O)NCc2ccco2)c(C#CCN)c1. The molecule has 0 bridgehead atoms. The summed E-state index contributed by atoms with van der Waals surface area (Å²) in [5.74, 6) is 6.23. The molecule has 0 fully saturated rings. The molecule has 1 aromatic carbocycles. The van der Waals surface area contributed by atoms with Gasteiger partial charge in [0.15, 0.2) is 0 Å². The first kappa shape index (κ1) is 13.9. The van der Waals surface area contributed by atoms with Crippen LogP contribution < -0.4 is 11.1 Å². The number of nitrogens with one attached hydrogen (secondary N) is 1. The zero-order chi connectivity index (χ0) is 14.4. The molecule has 3 N–H and O–H groups in total. The molecule has 4 nitrogen and oxygen atoms in total. The molecule has 1 amide bonds. The number of nitrogens with two attached hydrogens (primary N) is 1. The Morgan fingerprint density at radius 3 is 2.95 bits per heavy atom. The van der Waals surface area contributed by atoms with Crippen molar-refractivity contribution in [1.29, 1.82) is 0 Å². The van der Waals surface area contributed by atoms with E-state index in [0.29, 0.717) is 23.4 Å². The van der Waals surface area contributed by atoms with Crippen LogP contribution >= 0.6 is 0 Å². The summed E-state index contributed by atoms with van der Waals surface area (Å²) in [6, 6.07) is 9.13. The molecule has 0 aliphatic heterocycles. The number of amides is 1. The Bertz CT molecular complexity index is 649. The van der Waals surface area contributed by atoms with Crippen LogP contribution in [0.5, 0.6) is 0 Å². The number of furan rings is 1. The fourth-order valence-electron chi connectivity index (χ4n) is 1.78. The van der Waals surface area contributed by atoms with Crippen molar-refractivity contribution in [1.82, 2.24) is 5.32 Å². The number of rotatable bonds is 3. The van der Waals surface area contributed by atoms with Crippen molar-refractivity contribution in [2.75, 3.05) is 6.54 Å². The van der Waals surface area contributed by atoms with E-state index in [1.54, 1.807) is 18.4 Å². The van der Waals surface area contributed by atoms with E-state index in [1.165, 1.54) is 0 Å². The van der Waals surface area contributed by atoms with Crippen LogP contribution in [0.4, 0.5) is 0 Å². The predicted molar refractivity (Wildman–Crippen MR) is 77.0 cm³/mol. The Labute approximate surface area is 118 Å². The van der Waals surface area contributed by atoms with Crippen LogP contribution in [0.3, 0.4) is 0 Å². The number of hydrogen-bond acceptors (Lipinski definition) is 3. The van der Waals surface area contributed by atoms with Gasteiger partial charge in [-0.1, -0.05) is 17.9 Å². The Hall–Kier alpha value is -2.51. The van der Waals surface area contributed by atoms with Crippen molar-refractivity contribution in [3.63, 3.8) is 0 Å². The van der Waals surface area contributed by atoms with Crippen LogP contribution in [0, 0.1) is 18.8 Å². The zero-order valence-corrected chi connectivity index (χ0v) is 11.3. The van der Waals surface area contributed by atoms with E-state index in [4.69, 9.17) is 10.2 Å². The summed E-state index contributed by atoms with van der Waals surface area (Å²) >= 11 is 0. The lowest BCUT2D eigenvalue weighted by molar-refractivity contribution is 0.0948. The first-order valence-corrected chi connectivity index (χ1v) is 6.31. The molecule has 0 aliphatic carbocycles. The highest BCUT2D eigenvalue weighted by Crippen LogP contribution is 2.11. The van der Waals surface area contributed by atoms with E-state index in [-0.39, 0.29) is 12.5 Å². The number of carbonyl (C=O) groups excluding carboxylic acids is 1. The van der Waals surface area contributed by atoms with Gasteiger partial charge in [-0.25, -0.2) is 0 Å². The summed E-state index contributed by atoms with van der Waals surface area (Å²) in [6.07, 6.45) is 1.57. The maximum absolute atomic E-state index is 12.2. The van der Waals surface area contributed by atoms with Gasteiger partial charge in [-0.15, -0.1) is 0 Å². The highest BCUT2D eigenvalue weighted by molar-refractivity contribution is 5.96. The van der Waals surface area contributed by atoms with Crippen molar-refractivity contribution < 1.29 is 9.21 Å². The van der Waals surface area contributed by atoms with Gasteiger partial charge in [0, 0.05) is 5.56 Å². The molecule has 1 aromatic heterocycles. The third-order valence-corrected chi connectivity index (χ3v) is 2.75. The Kier molecular flexibility index (Phi) is 4.59. The number of benzene rings is 1. The van der Waals surface area contributed by atoms with Crippen molar-refractivity contribution in [2.24, 2.45) is 5.73 Å². The van der Waals surface area contributed by atoms with Crippen LogP contribution in [-0.2, 0) is 6.54 Å². The first-order valence-electron chi connectivity index (χ1n) is 6.31. The summed E-state index contributed by atoms with van der Waals surface area (Å²) < 4.78 is 5.17. The van der Waals surface area contributed by atoms with Gasteiger partial charge in [0.2, 0.25) is 0 Å². The molecule has 102 valence electrons. The van der Waals surface area contributed by atoms with Crippen LogP contribution in [0.15, 0.2) is 41.0 Å². The maximum atomic E-state index is 12.2. The average molecular weight is 268 g/mol. The minimum absolute atomic E-state index is 0.178. The van der Waals surface area contributed by atoms with Crippen LogP contribution in [0.25, 0.3) is 0 Å². The standard InChI is InChI=1S/C16H16N2O2/c1-12-6-7-15(13(10-12)4-2-8-17)16(19)18-11-14-5-3-9-20-14/h3,5-7,9-10H,8,11,17H2,1H3,(H,18,19). The normalized spacial score (nSPS) is 9.70. The summed E-state index contributed by atoms with van der Waals surface area (Å²) in [6.45, 7) is 2.57. The molecule has 0 atom stereocenters. The highest BCUT2D eigenvalue weighted by atomic mass is 16.3. The van der Waals surface area contributed by atoms with Crippen LogP contribution in [-0.4, -0.2) is 12.5 Å². The molecule has 0 unspecified atom stereocenters. The van der Waals surface area contributed by atoms with Gasteiger partial charge in [0.05, 0.1) is 24.9 Å². The third kappa shape index (κ3) is 3.50. The number of aryl methyl sites for hydroxylation is 1. The molecule has 0 radical (unpaired) electrons. The molecule has 0 aliphatic rings. The van der Waals surface area contributed by atoms with Crippen molar-refractivity contribution in [2.45, 2.75) is 13.5 Å². The van der Waals surface area contributed by atoms with Gasteiger partial charge in [-0.3, -0.25) is 4.79 Å². The molecule has 1 heterocycles. The second kappa shape index (κ2) is 6.60. The second-order valence-electron chi connectivity index (χ2n) is 4.32. The van der Waals surface area contributed by atoms with E-state index in [9.17, 15) is 4.79 Å². The van der Waals surface area contributed by atoms with Crippen molar-refractivity contribution >= 4 is 5.91 Å². The fourth-order valence-corrected chi connectivity index (χ4v) is 1.78.